The molecule has 0 bridgehead atoms. The topological polar surface area (TPSA) is 74.8 Å². The lowest BCUT2D eigenvalue weighted by Gasteiger charge is -2.22. The quantitative estimate of drug-likeness (QED) is 0.269. The number of hydrogen-bond acceptors (Lipinski definition) is 4. The van der Waals surface area contributed by atoms with Crippen LogP contribution in [0.3, 0.4) is 0 Å². The van der Waals surface area contributed by atoms with Crippen LogP contribution in [0.1, 0.15) is 11.4 Å². The van der Waals surface area contributed by atoms with Crippen LogP contribution >= 0.6 is 24.0 Å². The largest absolute Gasteiger partial charge is 0.493 e. The Balaban J connectivity index is 0.00000320. The molecule has 0 atom stereocenters. The third-order valence-electron chi connectivity index (χ3n) is 4.84. The third-order valence-corrected chi connectivity index (χ3v) is 4.84. The number of aromatic amines is 1. The van der Waals surface area contributed by atoms with E-state index < -0.39 is 0 Å². The fraction of sp³-hybridized carbons (Fsp3) is 0.364. The molecule has 0 unspecified atom stereocenters. The monoisotopic (exact) mass is 523 g/mol. The van der Waals surface area contributed by atoms with Crippen LogP contribution in [0.4, 0.5) is 0 Å². The molecule has 0 spiro atoms. The normalized spacial score (nSPS) is 11.1. The molecular weight excluding hydrogens is 493 g/mol. The summed E-state index contributed by atoms with van der Waals surface area (Å²) >= 11 is 0. The molecular formula is C22H30IN5O2. The average molecular weight is 523 g/mol. The van der Waals surface area contributed by atoms with Crippen LogP contribution in [0, 0.1) is 0 Å². The lowest BCUT2D eigenvalue weighted by Crippen LogP contribution is -2.40. The van der Waals surface area contributed by atoms with E-state index in [-0.39, 0.29) is 24.0 Å². The van der Waals surface area contributed by atoms with Gasteiger partial charge in [-0.05, 0) is 36.2 Å². The Kier molecular flexibility index (Phi) is 9.22. The van der Waals surface area contributed by atoms with Crippen molar-refractivity contribution in [3.05, 3.63) is 53.9 Å². The lowest BCUT2D eigenvalue weighted by molar-refractivity contribution is 0.354. The number of fused-ring (bicyclic) bond motifs is 1. The van der Waals surface area contributed by atoms with Crippen LogP contribution < -0.4 is 14.8 Å². The maximum atomic E-state index is 5.39. The minimum Gasteiger partial charge on any atom is -0.493 e. The van der Waals surface area contributed by atoms with Crippen molar-refractivity contribution in [2.75, 3.05) is 41.4 Å². The van der Waals surface area contributed by atoms with Gasteiger partial charge in [0.25, 0.3) is 0 Å². The van der Waals surface area contributed by atoms with E-state index in [1.807, 2.05) is 43.4 Å². The number of halogens is 1. The molecule has 0 fully saturated rings. The standard InChI is InChI=1S/C22H29N5O2.HI/c1-23-22(24-13-11-21-25-17-7-5-6-8-18(17)26-21)27(2)14-12-16-9-10-19(28-3)20(15-16)29-4;/h5-10,15H,11-14H2,1-4H3,(H,23,24)(H,25,26);1H. The predicted octanol–water partition coefficient (Wildman–Crippen LogP) is 3.49. The Hall–Kier alpha value is -2.49. The number of benzene rings is 2. The van der Waals surface area contributed by atoms with E-state index >= 15 is 0 Å². The van der Waals surface area contributed by atoms with Gasteiger partial charge in [0.15, 0.2) is 17.5 Å². The van der Waals surface area contributed by atoms with Gasteiger partial charge >= 0.3 is 0 Å². The van der Waals surface area contributed by atoms with Crippen molar-refractivity contribution >= 4 is 41.0 Å². The van der Waals surface area contributed by atoms with Crippen LogP contribution in [-0.2, 0) is 12.8 Å². The summed E-state index contributed by atoms with van der Waals surface area (Å²) in [7, 11) is 7.14. The summed E-state index contributed by atoms with van der Waals surface area (Å²) in [5.41, 5.74) is 3.25. The van der Waals surface area contributed by atoms with Crippen LogP contribution in [0.25, 0.3) is 11.0 Å². The number of guanidine groups is 1. The minimum absolute atomic E-state index is 0. The maximum absolute atomic E-state index is 5.39. The zero-order valence-electron chi connectivity index (χ0n) is 17.9. The van der Waals surface area contributed by atoms with E-state index in [2.05, 4.69) is 31.2 Å². The molecule has 1 aromatic heterocycles. The molecule has 30 heavy (non-hydrogen) atoms. The zero-order chi connectivity index (χ0) is 20.6. The fourth-order valence-corrected chi connectivity index (χ4v) is 3.24. The van der Waals surface area contributed by atoms with Gasteiger partial charge in [0.05, 0.1) is 25.3 Å². The Morgan fingerprint density at radius 3 is 2.57 bits per heavy atom. The molecule has 162 valence electrons. The summed E-state index contributed by atoms with van der Waals surface area (Å²) in [6.45, 7) is 1.59. The second-order valence-electron chi connectivity index (χ2n) is 6.79. The first-order valence-corrected chi connectivity index (χ1v) is 9.71. The van der Waals surface area contributed by atoms with Gasteiger partial charge < -0.3 is 24.7 Å². The summed E-state index contributed by atoms with van der Waals surface area (Å²) in [6, 6.07) is 14.1. The number of aromatic nitrogens is 2. The number of nitrogens with zero attached hydrogens (tertiary/aromatic N) is 3. The molecule has 3 rings (SSSR count). The summed E-state index contributed by atoms with van der Waals surface area (Å²) < 4.78 is 10.7. The van der Waals surface area contributed by atoms with Crippen molar-refractivity contribution < 1.29 is 9.47 Å². The molecule has 0 aliphatic rings. The number of para-hydroxylation sites is 2. The van der Waals surface area contributed by atoms with E-state index in [0.29, 0.717) is 0 Å². The molecule has 0 aliphatic heterocycles. The van der Waals surface area contributed by atoms with Crippen molar-refractivity contribution in [3.63, 3.8) is 0 Å². The summed E-state index contributed by atoms with van der Waals surface area (Å²) in [5, 5.41) is 3.41. The SMILES string of the molecule is CN=C(NCCc1nc2ccccc2[nH]1)N(C)CCc1ccc(OC)c(OC)c1.I. The highest BCUT2D eigenvalue weighted by Crippen LogP contribution is 2.27. The first-order valence-electron chi connectivity index (χ1n) is 9.71. The first kappa shape index (κ1) is 23.8. The Labute approximate surface area is 194 Å². The smallest absolute Gasteiger partial charge is 0.193 e. The molecule has 8 heteroatoms. The van der Waals surface area contributed by atoms with Gasteiger partial charge in [-0.15, -0.1) is 24.0 Å². The average Bonchev–Trinajstić information content (AvgIpc) is 3.17. The van der Waals surface area contributed by atoms with Crippen molar-refractivity contribution in [2.45, 2.75) is 12.8 Å². The summed E-state index contributed by atoms with van der Waals surface area (Å²) in [4.78, 5) is 14.5. The fourth-order valence-electron chi connectivity index (χ4n) is 3.24. The van der Waals surface area contributed by atoms with E-state index in [9.17, 15) is 0 Å². The molecule has 0 radical (unpaired) electrons. The van der Waals surface area contributed by atoms with Gasteiger partial charge in [0, 0.05) is 33.6 Å². The Bertz CT molecular complexity index is 940. The van der Waals surface area contributed by atoms with Gasteiger partial charge in [-0.25, -0.2) is 4.98 Å². The molecule has 0 aliphatic carbocycles. The highest BCUT2D eigenvalue weighted by molar-refractivity contribution is 14.0. The van der Waals surface area contributed by atoms with Crippen LogP contribution in [0.15, 0.2) is 47.5 Å². The molecule has 7 nitrogen and oxygen atoms in total. The Morgan fingerprint density at radius 2 is 1.87 bits per heavy atom. The van der Waals surface area contributed by atoms with Gasteiger partial charge in [0.1, 0.15) is 5.82 Å². The maximum Gasteiger partial charge on any atom is 0.193 e. The summed E-state index contributed by atoms with van der Waals surface area (Å²) in [6.07, 6.45) is 1.68. The number of H-pyrrole nitrogens is 1. The number of aliphatic imine (C=N–C) groups is 1. The van der Waals surface area contributed by atoms with E-state index in [1.54, 1.807) is 21.3 Å². The number of ether oxygens (including phenoxy) is 2. The number of imidazole rings is 1. The molecule has 2 aromatic carbocycles. The Morgan fingerprint density at radius 1 is 1.10 bits per heavy atom. The van der Waals surface area contributed by atoms with E-state index in [4.69, 9.17) is 9.47 Å². The second-order valence-corrected chi connectivity index (χ2v) is 6.79. The molecule has 0 saturated heterocycles. The minimum atomic E-state index is 0. The molecule has 0 saturated carbocycles. The molecule has 2 N–H and O–H groups in total. The van der Waals surface area contributed by atoms with E-state index in [1.165, 1.54) is 5.56 Å². The highest BCUT2D eigenvalue weighted by Gasteiger charge is 2.09. The number of methoxy groups -OCH3 is 2. The predicted molar refractivity (Wildman–Crippen MR) is 132 cm³/mol. The number of likely N-dealkylation sites (N-methyl/N-ethyl adjacent to an activating group) is 1. The highest BCUT2D eigenvalue weighted by atomic mass is 127. The first-order chi connectivity index (χ1) is 14.1. The van der Waals surface area contributed by atoms with Gasteiger partial charge in [0.2, 0.25) is 0 Å². The summed E-state index contributed by atoms with van der Waals surface area (Å²) in [5.74, 6) is 3.33. The number of rotatable bonds is 8. The van der Waals surface area contributed by atoms with E-state index in [0.717, 1.165) is 60.2 Å². The lowest BCUT2D eigenvalue weighted by atomic mass is 10.1. The van der Waals surface area contributed by atoms with Crippen molar-refractivity contribution in [2.24, 2.45) is 4.99 Å². The van der Waals surface area contributed by atoms with Crippen LogP contribution in [0.5, 0.6) is 11.5 Å². The second kappa shape index (κ2) is 11.6. The number of nitrogens with one attached hydrogen (secondary N) is 2. The van der Waals surface area contributed by atoms with Gasteiger partial charge in [-0.1, -0.05) is 18.2 Å². The van der Waals surface area contributed by atoms with Crippen molar-refractivity contribution in [1.82, 2.24) is 20.2 Å². The van der Waals surface area contributed by atoms with Crippen molar-refractivity contribution in [3.8, 4) is 11.5 Å². The molecule has 3 aromatic rings. The van der Waals surface area contributed by atoms with Crippen molar-refractivity contribution in [1.29, 1.82) is 0 Å². The third kappa shape index (κ3) is 6.01. The van der Waals surface area contributed by atoms with Crippen LogP contribution in [0.2, 0.25) is 0 Å². The molecule has 0 amide bonds. The van der Waals surface area contributed by atoms with Gasteiger partial charge in [-0.2, -0.15) is 0 Å². The van der Waals surface area contributed by atoms with Crippen LogP contribution in [-0.4, -0.2) is 62.2 Å². The zero-order valence-corrected chi connectivity index (χ0v) is 20.3. The molecule has 1 heterocycles. The van der Waals surface area contributed by atoms with Gasteiger partial charge in [-0.3, -0.25) is 4.99 Å². The number of hydrogen-bond donors (Lipinski definition) is 2.